The van der Waals surface area contributed by atoms with E-state index in [1.165, 1.54) is 11.1 Å². The Morgan fingerprint density at radius 3 is 2.76 bits per heavy atom. The summed E-state index contributed by atoms with van der Waals surface area (Å²) in [6, 6.07) is 10.8. The van der Waals surface area contributed by atoms with E-state index >= 15 is 0 Å². The molecule has 1 atom stereocenters. The molecule has 3 rings (SSSR count). The monoisotopic (exact) mass is 285 g/mol. The second-order valence-corrected chi connectivity index (χ2v) is 6.01. The summed E-state index contributed by atoms with van der Waals surface area (Å²) in [4.78, 5) is 14.6. The smallest absolute Gasteiger partial charge is 0.247 e. The van der Waals surface area contributed by atoms with Crippen molar-refractivity contribution in [1.82, 2.24) is 15.5 Å². The Morgan fingerprint density at radius 1 is 1.33 bits per heavy atom. The lowest BCUT2D eigenvalue weighted by Crippen LogP contribution is -2.41. The zero-order valence-corrected chi connectivity index (χ0v) is 12.6. The Bertz CT molecular complexity index is 532. The summed E-state index contributed by atoms with van der Waals surface area (Å²) in [6.07, 6.45) is 1.04. The molecule has 1 amide bonds. The maximum absolute atomic E-state index is 12.2. The molecule has 0 spiro atoms. The lowest BCUT2D eigenvalue weighted by atomic mass is 10.0. The average Bonchev–Trinajstić information content (AvgIpc) is 2.85. The Kier molecular flexibility index (Phi) is 4.36. The molecule has 0 radical (unpaired) electrons. The summed E-state index contributed by atoms with van der Waals surface area (Å²) in [5, 5.41) is 6.36. The number of nitrogens with zero attached hydrogens (tertiary/aromatic N) is 1. The predicted octanol–water partition coefficient (Wildman–Crippen LogP) is 1.30. The molecule has 21 heavy (non-hydrogen) atoms. The molecule has 2 aliphatic heterocycles. The molecule has 2 aliphatic rings. The predicted molar refractivity (Wildman–Crippen MR) is 83.8 cm³/mol. The van der Waals surface area contributed by atoms with Crippen LogP contribution in [0.1, 0.15) is 18.9 Å². The van der Waals surface area contributed by atoms with Crippen molar-refractivity contribution in [1.29, 1.82) is 0 Å². The molecular weight excluding hydrogens is 262 g/mol. The van der Waals surface area contributed by atoms with E-state index in [9.17, 15) is 4.79 Å². The van der Waals surface area contributed by atoms with Crippen LogP contribution in [0.3, 0.4) is 0 Å². The third kappa shape index (κ3) is 3.52. The second-order valence-electron chi connectivity index (χ2n) is 6.01. The Balaban J connectivity index is 1.49. The van der Waals surface area contributed by atoms with Crippen LogP contribution in [-0.2, 0) is 11.3 Å². The zero-order valence-electron chi connectivity index (χ0n) is 12.6. The van der Waals surface area contributed by atoms with Crippen LogP contribution in [0.5, 0.6) is 0 Å². The summed E-state index contributed by atoms with van der Waals surface area (Å²) in [5.41, 5.74) is 3.48. The minimum Gasteiger partial charge on any atom is -0.348 e. The highest BCUT2D eigenvalue weighted by Gasteiger charge is 2.25. The standard InChI is InChI=1S/C17H23N3O/c1-13(15-9-18-10-15)17(21)19-16-7-8-20(12-16)11-14-5-3-2-4-6-14/h2-6,16,18H,7-12H2,1H3,(H,19,21). The second kappa shape index (κ2) is 6.41. The van der Waals surface area contributed by atoms with E-state index in [0.29, 0.717) is 0 Å². The van der Waals surface area contributed by atoms with E-state index in [4.69, 9.17) is 0 Å². The number of nitrogens with one attached hydrogen (secondary N) is 2. The fourth-order valence-electron chi connectivity index (χ4n) is 2.91. The van der Waals surface area contributed by atoms with Gasteiger partial charge in [-0.3, -0.25) is 9.69 Å². The van der Waals surface area contributed by atoms with Gasteiger partial charge in [0, 0.05) is 44.3 Å². The van der Waals surface area contributed by atoms with Crippen molar-refractivity contribution in [3.05, 3.63) is 47.0 Å². The van der Waals surface area contributed by atoms with Gasteiger partial charge in [-0.25, -0.2) is 0 Å². The van der Waals surface area contributed by atoms with E-state index in [1.54, 1.807) is 0 Å². The summed E-state index contributed by atoms with van der Waals surface area (Å²) < 4.78 is 0. The number of carbonyl (C=O) groups is 1. The van der Waals surface area contributed by atoms with Crippen molar-refractivity contribution >= 4 is 5.91 Å². The van der Waals surface area contributed by atoms with Crippen molar-refractivity contribution in [3.8, 4) is 0 Å². The largest absolute Gasteiger partial charge is 0.348 e. The van der Waals surface area contributed by atoms with Gasteiger partial charge in [-0.1, -0.05) is 30.3 Å². The highest BCUT2D eigenvalue weighted by Crippen LogP contribution is 2.15. The average molecular weight is 285 g/mol. The highest BCUT2D eigenvalue weighted by atomic mass is 16.1. The van der Waals surface area contributed by atoms with Gasteiger partial charge in [-0.2, -0.15) is 0 Å². The van der Waals surface area contributed by atoms with Crippen molar-refractivity contribution in [3.63, 3.8) is 0 Å². The topological polar surface area (TPSA) is 44.4 Å². The van der Waals surface area contributed by atoms with Crippen LogP contribution in [0.2, 0.25) is 0 Å². The lowest BCUT2D eigenvalue weighted by Gasteiger charge is -2.22. The van der Waals surface area contributed by atoms with E-state index < -0.39 is 0 Å². The van der Waals surface area contributed by atoms with Crippen molar-refractivity contribution < 1.29 is 4.79 Å². The molecule has 0 aliphatic carbocycles. The molecular formula is C17H23N3O. The van der Waals surface area contributed by atoms with Gasteiger partial charge in [0.2, 0.25) is 5.91 Å². The van der Waals surface area contributed by atoms with Gasteiger partial charge in [0.15, 0.2) is 0 Å². The fourth-order valence-corrected chi connectivity index (χ4v) is 2.91. The lowest BCUT2D eigenvalue weighted by molar-refractivity contribution is -0.118. The molecule has 112 valence electrons. The molecule has 1 aromatic rings. The molecule has 0 bridgehead atoms. The zero-order chi connectivity index (χ0) is 14.7. The van der Waals surface area contributed by atoms with Crippen LogP contribution < -0.4 is 10.6 Å². The first kappa shape index (κ1) is 14.3. The number of amides is 1. The Morgan fingerprint density at radius 2 is 2.10 bits per heavy atom. The van der Waals surface area contributed by atoms with Crippen molar-refractivity contribution in [2.75, 3.05) is 26.2 Å². The van der Waals surface area contributed by atoms with Crippen LogP contribution in [0.15, 0.2) is 41.5 Å². The summed E-state index contributed by atoms with van der Waals surface area (Å²) >= 11 is 0. The molecule has 2 saturated heterocycles. The first-order chi connectivity index (χ1) is 10.2. The molecule has 4 heteroatoms. The van der Waals surface area contributed by atoms with Gasteiger partial charge in [0.05, 0.1) is 0 Å². The minimum absolute atomic E-state index is 0.109. The van der Waals surface area contributed by atoms with Crippen LogP contribution in [0.25, 0.3) is 0 Å². The Hall–Kier alpha value is -1.65. The van der Waals surface area contributed by atoms with Gasteiger partial charge in [-0.05, 0) is 24.5 Å². The SMILES string of the molecule is CC(C(=O)NC1CCN(Cc2ccccc2)C1)=C1CNC1. The van der Waals surface area contributed by atoms with Crippen LogP contribution in [0.4, 0.5) is 0 Å². The van der Waals surface area contributed by atoms with Gasteiger partial charge in [0.25, 0.3) is 0 Å². The number of hydrogen-bond acceptors (Lipinski definition) is 3. The molecule has 2 N–H and O–H groups in total. The van der Waals surface area contributed by atoms with E-state index in [1.807, 2.05) is 13.0 Å². The van der Waals surface area contributed by atoms with Gasteiger partial charge in [0.1, 0.15) is 0 Å². The fraction of sp³-hybridized carbons (Fsp3) is 0.471. The molecule has 1 unspecified atom stereocenters. The van der Waals surface area contributed by atoms with E-state index in [2.05, 4.69) is 39.8 Å². The van der Waals surface area contributed by atoms with Gasteiger partial charge >= 0.3 is 0 Å². The van der Waals surface area contributed by atoms with Crippen molar-refractivity contribution in [2.24, 2.45) is 0 Å². The quantitative estimate of drug-likeness (QED) is 0.820. The molecule has 2 heterocycles. The number of benzene rings is 1. The highest BCUT2D eigenvalue weighted by molar-refractivity contribution is 5.94. The van der Waals surface area contributed by atoms with E-state index in [0.717, 1.165) is 44.7 Å². The molecule has 1 aromatic carbocycles. The number of carbonyl (C=O) groups excluding carboxylic acids is 1. The first-order valence-electron chi connectivity index (χ1n) is 7.69. The number of hydrogen-bond donors (Lipinski definition) is 2. The molecule has 0 aromatic heterocycles. The summed E-state index contributed by atoms with van der Waals surface area (Å²) in [6.45, 7) is 6.63. The summed E-state index contributed by atoms with van der Waals surface area (Å²) in [7, 11) is 0. The molecule has 4 nitrogen and oxygen atoms in total. The third-order valence-corrected chi connectivity index (χ3v) is 4.40. The first-order valence-corrected chi connectivity index (χ1v) is 7.69. The third-order valence-electron chi connectivity index (χ3n) is 4.40. The van der Waals surface area contributed by atoms with Crippen LogP contribution >= 0.6 is 0 Å². The van der Waals surface area contributed by atoms with Gasteiger partial charge in [-0.15, -0.1) is 0 Å². The van der Waals surface area contributed by atoms with Crippen molar-refractivity contribution in [2.45, 2.75) is 25.9 Å². The van der Waals surface area contributed by atoms with Crippen LogP contribution in [0, 0.1) is 0 Å². The summed E-state index contributed by atoms with van der Waals surface area (Å²) in [5.74, 6) is 0.109. The number of likely N-dealkylation sites (tertiary alicyclic amines) is 1. The van der Waals surface area contributed by atoms with Gasteiger partial charge < -0.3 is 10.6 Å². The minimum atomic E-state index is 0.109. The van der Waals surface area contributed by atoms with Crippen LogP contribution in [-0.4, -0.2) is 43.0 Å². The Labute approximate surface area is 126 Å². The molecule has 0 saturated carbocycles. The van der Waals surface area contributed by atoms with E-state index in [-0.39, 0.29) is 11.9 Å². The maximum atomic E-state index is 12.2. The normalized spacial score (nSPS) is 22.0. The number of rotatable bonds is 4. The molecule has 2 fully saturated rings. The maximum Gasteiger partial charge on any atom is 0.247 e.